The Kier molecular flexibility index (Phi) is 6.49. The van der Waals surface area contributed by atoms with Gasteiger partial charge in [-0.3, -0.25) is 4.79 Å². The van der Waals surface area contributed by atoms with Crippen LogP contribution in [-0.4, -0.2) is 35.5 Å². The van der Waals surface area contributed by atoms with Crippen molar-refractivity contribution in [1.29, 1.82) is 0 Å². The second-order valence-corrected chi connectivity index (χ2v) is 6.44. The van der Waals surface area contributed by atoms with E-state index in [-0.39, 0.29) is 11.5 Å². The molecule has 0 fully saturated rings. The van der Waals surface area contributed by atoms with Gasteiger partial charge in [-0.05, 0) is 24.6 Å². The summed E-state index contributed by atoms with van der Waals surface area (Å²) in [7, 11) is 1.80. The van der Waals surface area contributed by atoms with Crippen LogP contribution in [0, 0.1) is 0 Å². The number of carboxylic acid groups (broad SMARTS) is 1. The molecule has 0 saturated heterocycles. The predicted octanol–water partition coefficient (Wildman–Crippen LogP) is 4.14. The van der Waals surface area contributed by atoms with Crippen molar-refractivity contribution in [2.24, 2.45) is 0 Å². The summed E-state index contributed by atoms with van der Waals surface area (Å²) in [6.45, 7) is 2.81. The molecular formula is C18H21NO4S. The van der Waals surface area contributed by atoms with Gasteiger partial charge in [-0.25, -0.2) is 4.79 Å². The Morgan fingerprint density at radius 3 is 2.67 bits per heavy atom. The number of carbonyl (C=O) groups excluding carboxylic acids is 1. The predicted molar refractivity (Wildman–Crippen MR) is 93.5 cm³/mol. The molecule has 6 heteroatoms. The largest absolute Gasteiger partial charge is 0.478 e. The fourth-order valence-electron chi connectivity index (χ4n) is 2.26. The van der Waals surface area contributed by atoms with Gasteiger partial charge in [0.25, 0.3) is 5.91 Å². The number of thioether (sulfide) groups is 1. The lowest BCUT2D eigenvalue weighted by Gasteiger charge is -2.18. The molecule has 0 radical (unpaired) electrons. The zero-order valence-corrected chi connectivity index (χ0v) is 14.6. The van der Waals surface area contributed by atoms with Crippen LogP contribution in [0.15, 0.2) is 45.9 Å². The van der Waals surface area contributed by atoms with Crippen LogP contribution in [0.4, 0.5) is 0 Å². The van der Waals surface area contributed by atoms with Gasteiger partial charge >= 0.3 is 5.97 Å². The second-order valence-electron chi connectivity index (χ2n) is 5.43. The molecule has 5 nitrogen and oxygen atoms in total. The first kappa shape index (κ1) is 18.1. The minimum absolute atomic E-state index is 0.0237. The molecule has 128 valence electrons. The van der Waals surface area contributed by atoms with E-state index in [0.29, 0.717) is 17.1 Å². The van der Waals surface area contributed by atoms with Gasteiger partial charge in [0.05, 0.1) is 17.6 Å². The average Bonchev–Trinajstić information content (AvgIpc) is 3.06. The van der Waals surface area contributed by atoms with Crippen molar-refractivity contribution in [2.75, 3.05) is 13.6 Å². The molecular weight excluding hydrogens is 326 g/mol. The molecule has 24 heavy (non-hydrogen) atoms. The van der Waals surface area contributed by atoms with E-state index in [0.717, 1.165) is 24.3 Å². The molecule has 0 spiro atoms. The smallest absolute Gasteiger partial charge is 0.339 e. The molecule has 1 amide bonds. The summed E-state index contributed by atoms with van der Waals surface area (Å²) in [5.74, 6) is -0.279. The van der Waals surface area contributed by atoms with E-state index in [1.54, 1.807) is 18.0 Å². The van der Waals surface area contributed by atoms with Gasteiger partial charge in [0.1, 0.15) is 11.3 Å². The maximum absolute atomic E-state index is 12.6. The second kappa shape index (κ2) is 8.59. The topological polar surface area (TPSA) is 70.8 Å². The van der Waals surface area contributed by atoms with E-state index in [2.05, 4.69) is 6.92 Å². The van der Waals surface area contributed by atoms with Gasteiger partial charge in [0.2, 0.25) is 0 Å². The number of carbonyl (C=O) groups is 2. The Morgan fingerprint density at radius 2 is 1.96 bits per heavy atom. The van der Waals surface area contributed by atoms with Crippen molar-refractivity contribution in [1.82, 2.24) is 4.90 Å². The standard InChI is InChI=1S/C18H21NO4S/c1-3-4-10-19(2)17(20)14-7-5-6-8-16(14)24-12-15-13(18(21)22)9-11-23-15/h5-9,11H,3-4,10,12H2,1-2H3,(H,21,22). The van der Waals surface area contributed by atoms with E-state index >= 15 is 0 Å². The lowest BCUT2D eigenvalue weighted by molar-refractivity contribution is 0.0694. The van der Waals surface area contributed by atoms with E-state index in [4.69, 9.17) is 9.52 Å². The molecule has 0 bridgehead atoms. The van der Waals surface area contributed by atoms with Crippen LogP contribution in [0.25, 0.3) is 0 Å². The van der Waals surface area contributed by atoms with E-state index in [9.17, 15) is 9.59 Å². The Morgan fingerprint density at radius 1 is 1.21 bits per heavy atom. The lowest BCUT2D eigenvalue weighted by Crippen LogP contribution is -2.28. The Labute approximate surface area is 145 Å². The number of hydrogen-bond acceptors (Lipinski definition) is 4. The van der Waals surface area contributed by atoms with Crippen LogP contribution >= 0.6 is 11.8 Å². The molecule has 1 aromatic carbocycles. The minimum atomic E-state index is -1.01. The van der Waals surface area contributed by atoms with Gasteiger partial charge in [0, 0.05) is 18.5 Å². The third-order valence-electron chi connectivity index (χ3n) is 3.65. The van der Waals surface area contributed by atoms with Crippen LogP contribution in [0.2, 0.25) is 0 Å². The van der Waals surface area contributed by atoms with Crippen LogP contribution in [0.1, 0.15) is 46.2 Å². The molecule has 0 unspecified atom stereocenters. The highest BCUT2D eigenvalue weighted by Gasteiger charge is 2.18. The van der Waals surface area contributed by atoms with Crippen LogP contribution in [-0.2, 0) is 5.75 Å². The number of nitrogens with zero attached hydrogens (tertiary/aromatic N) is 1. The molecule has 1 heterocycles. The Hall–Kier alpha value is -2.21. The number of furan rings is 1. The normalized spacial score (nSPS) is 10.6. The summed E-state index contributed by atoms with van der Waals surface area (Å²) in [6, 6.07) is 8.81. The van der Waals surface area contributed by atoms with Crippen molar-refractivity contribution in [3.63, 3.8) is 0 Å². The maximum Gasteiger partial charge on any atom is 0.339 e. The first-order valence-electron chi connectivity index (χ1n) is 7.81. The highest BCUT2D eigenvalue weighted by atomic mass is 32.2. The Bertz CT molecular complexity index is 711. The summed E-state index contributed by atoms with van der Waals surface area (Å²) in [6.07, 6.45) is 3.37. The lowest BCUT2D eigenvalue weighted by atomic mass is 10.2. The van der Waals surface area contributed by atoms with Crippen molar-refractivity contribution < 1.29 is 19.1 Å². The minimum Gasteiger partial charge on any atom is -0.478 e. The molecule has 0 aliphatic carbocycles. The SMILES string of the molecule is CCCCN(C)C(=O)c1ccccc1SCc1occc1C(=O)O. The van der Waals surface area contributed by atoms with Gasteiger partial charge in [-0.1, -0.05) is 25.5 Å². The molecule has 1 aromatic heterocycles. The zero-order chi connectivity index (χ0) is 17.5. The van der Waals surface area contributed by atoms with Gasteiger partial charge in [-0.15, -0.1) is 11.8 Å². The van der Waals surface area contributed by atoms with Crippen molar-refractivity contribution >= 4 is 23.6 Å². The van der Waals surface area contributed by atoms with Gasteiger partial charge < -0.3 is 14.4 Å². The van der Waals surface area contributed by atoms with E-state index in [1.165, 1.54) is 24.1 Å². The summed E-state index contributed by atoms with van der Waals surface area (Å²) in [5, 5.41) is 9.12. The number of carboxylic acids is 1. The Balaban J connectivity index is 2.12. The van der Waals surface area contributed by atoms with Crippen LogP contribution in [0.5, 0.6) is 0 Å². The first-order valence-corrected chi connectivity index (χ1v) is 8.80. The number of aromatic carboxylic acids is 1. The zero-order valence-electron chi connectivity index (χ0n) is 13.8. The molecule has 2 rings (SSSR count). The number of rotatable bonds is 8. The van der Waals surface area contributed by atoms with Crippen molar-refractivity contribution in [2.45, 2.75) is 30.4 Å². The number of unbranched alkanes of at least 4 members (excludes halogenated alkanes) is 1. The van der Waals surface area contributed by atoms with Gasteiger partial charge in [0.15, 0.2) is 0 Å². The van der Waals surface area contributed by atoms with Crippen LogP contribution < -0.4 is 0 Å². The van der Waals surface area contributed by atoms with E-state index < -0.39 is 5.97 Å². The number of benzene rings is 1. The first-order chi connectivity index (χ1) is 11.5. The third-order valence-corrected chi connectivity index (χ3v) is 4.72. The van der Waals surface area contributed by atoms with Crippen molar-refractivity contribution in [3.8, 4) is 0 Å². The van der Waals surface area contributed by atoms with Crippen molar-refractivity contribution in [3.05, 3.63) is 53.5 Å². The highest BCUT2D eigenvalue weighted by molar-refractivity contribution is 7.98. The quantitative estimate of drug-likeness (QED) is 0.727. The number of amides is 1. The summed E-state index contributed by atoms with van der Waals surface area (Å²) in [4.78, 5) is 26.3. The number of hydrogen-bond donors (Lipinski definition) is 1. The summed E-state index contributed by atoms with van der Waals surface area (Å²) >= 11 is 1.40. The summed E-state index contributed by atoms with van der Waals surface area (Å²) in [5.41, 5.74) is 0.788. The molecule has 0 saturated carbocycles. The molecule has 0 atom stereocenters. The molecule has 0 aliphatic heterocycles. The highest BCUT2D eigenvalue weighted by Crippen LogP contribution is 2.28. The fraction of sp³-hybridized carbons (Fsp3) is 0.333. The average molecular weight is 347 g/mol. The van der Waals surface area contributed by atoms with Crippen LogP contribution in [0.3, 0.4) is 0 Å². The van der Waals surface area contributed by atoms with E-state index in [1.807, 2.05) is 18.2 Å². The maximum atomic E-state index is 12.6. The summed E-state index contributed by atoms with van der Waals surface area (Å²) < 4.78 is 5.25. The molecule has 2 aromatic rings. The molecule has 0 aliphatic rings. The fourth-order valence-corrected chi connectivity index (χ4v) is 3.25. The molecule has 1 N–H and O–H groups in total. The third kappa shape index (κ3) is 4.41. The van der Waals surface area contributed by atoms with Gasteiger partial charge in [-0.2, -0.15) is 0 Å². The monoisotopic (exact) mass is 347 g/mol.